The number of hydrogen-bond acceptors (Lipinski definition) is 4. The maximum Gasteiger partial charge on any atom is 0.176 e. The number of aromatic nitrogens is 4. The van der Waals surface area contributed by atoms with Gasteiger partial charge in [0.1, 0.15) is 5.69 Å². The average Bonchev–Trinajstić information content (AvgIpc) is 2.71. The lowest BCUT2D eigenvalue weighted by molar-refractivity contribution is 0.736. The molecule has 17 heavy (non-hydrogen) atoms. The van der Waals surface area contributed by atoms with Crippen LogP contribution in [-0.4, -0.2) is 19.7 Å². The molecule has 2 aromatic heterocycles. The van der Waals surface area contributed by atoms with Crippen molar-refractivity contribution < 1.29 is 0 Å². The first-order valence-electron chi connectivity index (χ1n) is 5.80. The minimum Gasteiger partial charge on any atom is -0.326 e. The van der Waals surface area contributed by atoms with Crippen LogP contribution < -0.4 is 5.73 Å². The van der Waals surface area contributed by atoms with Gasteiger partial charge in [-0.3, -0.25) is 4.98 Å². The molecule has 2 N–H and O–H groups in total. The number of nitrogens with zero attached hydrogens (tertiary/aromatic N) is 4. The molecule has 2 aromatic rings. The molecule has 0 radical (unpaired) electrons. The highest BCUT2D eigenvalue weighted by Crippen LogP contribution is 2.14. The Balaban J connectivity index is 2.31. The molecule has 2 rings (SSSR count). The smallest absolute Gasteiger partial charge is 0.176 e. The van der Waals surface area contributed by atoms with E-state index in [-0.39, 0.29) is 0 Å². The molecule has 5 heteroatoms. The van der Waals surface area contributed by atoms with Crippen LogP contribution in [0.25, 0.3) is 11.5 Å². The second kappa shape index (κ2) is 5.05. The summed E-state index contributed by atoms with van der Waals surface area (Å²) in [5.74, 6) is 1.67. The van der Waals surface area contributed by atoms with Gasteiger partial charge in [-0.25, -0.2) is 9.67 Å². The third kappa shape index (κ3) is 2.50. The predicted molar refractivity (Wildman–Crippen MR) is 66.1 cm³/mol. The summed E-state index contributed by atoms with van der Waals surface area (Å²) in [6.07, 6.45) is 3.72. The summed E-state index contributed by atoms with van der Waals surface area (Å²) >= 11 is 0. The van der Waals surface area contributed by atoms with Gasteiger partial charge in [0.2, 0.25) is 0 Å². The molecule has 0 aliphatic carbocycles. The molecule has 0 aromatic carbocycles. The predicted octanol–water partition coefficient (Wildman–Crippen LogP) is 1.29. The Kier molecular flexibility index (Phi) is 3.49. The topological polar surface area (TPSA) is 69.6 Å². The van der Waals surface area contributed by atoms with Crippen molar-refractivity contribution in [2.75, 3.05) is 0 Å². The van der Waals surface area contributed by atoms with Gasteiger partial charge in [-0.05, 0) is 18.1 Å². The Bertz CT molecular complexity index is 486. The maximum atomic E-state index is 5.54. The largest absolute Gasteiger partial charge is 0.326 e. The summed E-state index contributed by atoms with van der Waals surface area (Å²) in [5.41, 5.74) is 7.39. The highest BCUT2D eigenvalue weighted by Gasteiger charge is 2.09. The lowest BCUT2D eigenvalue weighted by atomic mass is 10.2. The van der Waals surface area contributed by atoms with Gasteiger partial charge in [0.05, 0.1) is 0 Å². The molecule has 0 aliphatic heterocycles. The van der Waals surface area contributed by atoms with Crippen LogP contribution in [0.4, 0.5) is 0 Å². The first-order chi connectivity index (χ1) is 8.24. The number of rotatable bonds is 4. The van der Waals surface area contributed by atoms with Crippen LogP contribution in [0.2, 0.25) is 0 Å². The van der Waals surface area contributed by atoms with Crippen molar-refractivity contribution in [3.05, 3.63) is 29.7 Å². The zero-order chi connectivity index (χ0) is 12.3. The highest BCUT2D eigenvalue weighted by atomic mass is 15.3. The molecule has 0 aliphatic rings. The summed E-state index contributed by atoms with van der Waals surface area (Å²) in [6, 6.07) is 3.90. The van der Waals surface area contributed by atoms with Crippen LogP contribution in [0.5, 0.6) is 0 Å². The average molecular weight is 231 g/mol. The van der Waals surface area contributed by atoms with Gasteiger partial charge in [-0.2, -0.15) is 5.10 Å². The monoisotopic (exact) mass is 231 g/mol. The van der Waals surface area contributed by atoms with Crippen LogP contribution in [0.3, 0.4) is 0 Å². The summed E-state index contributed by atoms with van der Waals surface area (Å²) < 4.78 is 1.77. The molecular weight excluding hydrogens is 214 g/mol. The summed E-state index contributed by atoms with van der Waals surface area (Å²) in [6.45, 7) is 2.62. The van der Waals surface area contributed by atoms with Gasteiger partial charge >= 0.3 is 0 Å². The first-order valence-corrected chi connectivity index (χ1v) is 5.80. The van der Waals surface area contributed by atoms with Gasteiger partial charge in [-0.1, -0.05) is 13.0 Å². The maximum absolute atomic E-state index is 5.54. The zero-order valence-electron chi connectivity index (χ0n) is 10.2. The van der Waals surface area contributed by atoms with Crippen LogP contribution in [-0.2, 0) is 20.0 Å². The number of pyridine rings is 1. The molecule has 0 saturated heterocycles. The number of aryl methyl sites for hydroxylation is 2. The lowest BCUT2D eigenvalue weighted by Crippen LogP contribution is -1.99. The quantitative estimate of drug-likeness (QED) is 0.860. The summed E-state index contributed by atoms with van der Waals surface area (Å²) in [4.78, 5) is 8.83. The third-order valence-electron chi connectivity index (χ3n) is 2.57. The Hall–Kier alpha value is -1.75. The molecule has 5 nitrogen and oxygen atoms in total. The van der Waals surface area contributed by atoms with E-state index < -0.39 is 0 Å². The van der Waals surface area contributed by atoms with E-state index in [9.17, 15) is 0 Å². The van der Waals surface area contributed by atoms with E-state index in [1.54, 1.807) is 10.9 Å². The van der Waals surface area contributed by atoms with E-state index >= 15 is 0 Å². The van der Waals surface area contributed by atoms with E-state index in [4.69, 9.17) is 5.73 Å². The molecule has 0 spiro atoms. The normalized spacial score (nSPS) is 10.8. The van der Waals surface area contributed by atoms with Crippen LogP contribution in [0.1, 0.15) is 24.7 Å². The van der Waals surface area contributed by atoms with Crippen molar-refractivity contribution in [1.82, 2.24) is 19.7 Å². The third-order valence-corrected chi connectivity index (χ3v) is 2.57. The Labute approximate surface area is 101 Å². The highest BCUT2D eigenvalue weighted by molar-refractivity contribution is 5.49. The van der Waals surface area contributed by atoms with Crippen molar-refractivity contribution in [3.8, 4) is 11.5 Å². The zero-order valence-corrected chi connectivity index (χ0v) is 10.2. The SMILES string of the molecule is CCCc1nc(-c2ccc(CN)cn2)n(C)n1. The Morgan fingerprint density at radius 2 is 2.18 bits per heavy atom. The lowest BCUT2D eigenvalue weighted by Gasteiger charge is -2.00. The molecule has 0 unspecified atom stereocenters. The standard InChI is InChI=1S/C12H17N5/c1-3-4-11-15-12(17(2)16-11)10-6-5-9(7-13)8-14-10/h5-6,8H,3-4,7,13H2,1-2H3. The molecule has 0 bridgehead atoms. The van der Waals surface area contributed by atoms with Gasteiger partial charge in [0.15, 0.2) is 11.6 Å². The van der Waals surface area contributed by atoms with Crippen molar-refractivity contribution in [2.45, 2.75) is 26.3 Å². The second-order valence-electron chi connectivity index (χ2n) is 3.98. The fraction of sp³-hybridized carbons (Fsp3) is 0.417. The van der Waals surface area contributed by atoms with Crippen LogP contribution in [0, 0.1) is 0 Å². The van der Waals surface area contributed by atoms with E-state index in [2.05, 4.69) is 22.0 Å². The summed E-state index contributed by atoms with van der Waals surface area (Å²) in [5, 5.41) is 4.36. The van der Waals surface area contributed by atoms with E-state index in [0.29, 0.717) is 6.54 Å². The molecule has 0 amide bonds. The fourth-order valence-electron chi connectivity index (χ4n) is 1.67. The van der Waals surface area contributed by atoms with Crippen LogP contribution >= 0.6 is 0 Å². The Morgan fingerprint density at radius 3 is 2.76 bits per heavy atom. The van der Waals surface area contributed by atoms with Crippen molar-refractivity contribution >= 4 is 0 Å². The molecule has 0 atom stereocenters. The van der Waals surface area contributed by atoms with Gasteiger partial charge < -0.3 is 5.73 Å². The van der Waals surface area contributed by atoms with Gasteiger partial charge in [0.25, 0.3) is 0 Å². The van der Waals surface area contributed by atoms with Crippen molar-refractivity contribution in [3.63, 3.8) is 0 Å². The van der Waals surface area contributed by atoms with E-state index in [0.717, 1.165) is 35.7 Å². The number of nitrogens with two attached hydrogens (primary N) is 1. The van der Waals surface area contributed by atoms with E-state index in [1.807, 2.05) is 19.2 Å². The Morgan fingerprint density at radius 1 is 1.35 bits per heavy atom. The second-order valence-corrected chi connectivity index (χ2v) is 3.98. The van der Waals surface area contributed by atoms with Crippen molar-refractivity contribution in [2.24, 2.45) is 12.8 Å². The van der Waals surface area contributed by atoms with Crippen LogP contribution in [0.15, 0.2) is 18.3 Å². The molecular formula is C12H17N5. The molecule has 2 heterocycles. The molecule has 0 fully saturated rings. The van der Waals surface area contributed by atoms with Gasteiger partial charge in [0, 0.05) is 26.2 Å². The minimum absolute atomic E-state index is 0.507. The fourth-order valence-corrected chi connectivity index (χ4v) is 1.67. The summed E-state index contributed by atoms with van der Waals surface area (Å²) in [7, 11) is 1.89. The van der Waals surface area contributed by atoms with E-state index in [1.165, 1.54) is 0 Å². The van der Waals surface area contributed by atoms with Gasteiger partial charge in [-0.15, -0.1) is 0 Å². The first kappa shape index (κ1) is 11.7. The molecule has 0 saturated carbocycles. The minimum atomic E-state index is 0.507. The van der Waals surface area contributed by atoms with Crippen molar-refractivity contribution in [1.29, 1.82) is 0 Å². The number of hydrogen-bond donors (Lipinski definition) is 1. The molecule has 90 valence electrons.